The van der Waals surface area contributed by atoms with Crippen LogP contribution >= 0.6 is 0 Å². The summed E-state index contributed by atoms with van der Waals surface area (Å²) in [5.74, 6) is 0.0282. The van der Waals surface area contributed by atoms with Gasteiger partial charge in [-0.05, 0) is 37.6 Å². The number of hydrogen-bond acceptors (Lipinski definition) is 3. The largest absolute Gasteiger partial charge is 0.435 e. The number of nitrogens with zero attached hydrogens (tertiary/aromatic N) is 1. The van der Waals surface area contributed by atoms with Gasteiger partial charge in [0.05, 0.1) is 6.10 Å². The first-order valence-electron chi connectivity index (χ1n) is 6.13. The Balaban J connectivity index is 2.49. The van der Waals surface area contributed by atoms with Crippen LogP contribution in [0.25, 0.3) is 0 Å². The third kappa shape index (κ3) is 5.83. The summed E-state index contributed by atoms with van der Waals surface area (Å²) < 4.78 is 28.1. The van der Waals surface area contributed by atoms with E-state index in [-0.39, 0.29) is 11.8 Å². The highest BCUT2D eigenvalue weighted by Crippen LogP contribution is 2.17. The summed E-state index contributed by atoms with van der Waals surface area (Å²) in [7, 11) is 1.60. The van der Waals surface area contributed by atoms with Crippen molar-refractivity contribution in [2.45, 2.75) is 26.1 Å². The zero-order valence-corrected chi connectivity index (χ0v) is 11.3. The Hall–Kier alpha value is -1.89. The molecule has 0 fully saturated rings. The number of anilines is 1. The van der Waals surface area contributed by atoms with Crippen LogP contribution in [0.1, 0.15) is 13.3 Å². The van der Waals surface area contributed by atoms with Gasteiger partial charge < -0.3 is 20.1 Å². The molecule has 1 unspecified atom stereocenters. The van der Waals surface area contributed by atoms with Crippen molar-refractivity contribution in [3.8, 4) is 5.75 Å². The molecule has 112 valence electrons. The summed E-state index contributed by atoms with van der Waals surface area (Å²) in [5.41, 5.74) is 0.473. The first-order chi connectivity index (χ1) is 9.38. The number of benzene rings is 1. The van der Waals surface area contributed by atoms with Crippen molar-refractivity contribution in [1.82, 2.24) is 4.90 Å². The SMILES string of the molecule is CC(O)CCN(C)C(=O)Nc1ccc(OC(F)F)cc1. The van der Waals surface area contributed by atoms with E-state index in [1.54, 1.807) is 14.0 Å². The van der Waals surface area contributed by atoms with E-state index in [1.165, 1.54) is 29.2 Å². The van der Waals surface area contributed by atoms with Crippen LogP contribution < -0.4 is 10.1 Å². The lowest BCUT2D eigenvalue weighted by Crippen LogP contribution is -2.33. The number of alkyl halides is 2. The molecule has 1 aromatic carbocycles. The molecular weight excluding hydrogens is 270 g/mol. The van der Waals surface area contributed by atoms with Gasteiger partial charge >= 0.3 is 12.6 Å². The maximum atomic E-state index is 12.0. The number of carbonyl (C=O) groups excluding carboxylic acids is 1. The number of ether oxygens (including phenoxy) is 1. The molecule has 1 rings (SSSR count). The number of carbonyl (C=O) groups is 1. The fourth-order valence-corrected chi connectivity index (χ4v) is 1.42. The lowest BCUT2D eigenvalue weighted by molar-refractivity contribution is -0.0498. The van der Waals surface area contributed by atoms with Gasteiger partial charge in [0.25, 0.3) is 0 Å². The third-order valence-electron chi connectivity index (χ3n) is 2.56. The molecule has 7 heteroatoms. The van der Waals surface area contributed by atoms with Crippen molar-refractivity contribution < 1.29 is 23.4 Å². The molecule has 0 saturated heterocycles. The number of hydrogen-bond donors (Lipinski definition) is 2. The smallest absolute Gasteiger partial charge is 0.387 e. The maximum absolute atomic E-state index is 12.0. The first kappa shape index (κ1) is 16.2. The number of rotatable bonds is 6. The second kappa shape index (κ2) is 7.64. The third-order valence-corrected chi connectivity index (χ3v) is 2.56. The summed E-state index contributed by atoms with van der Waals surface area (Å²) >= 11 is 0. The highest BCUT2D eigenvalue weighted by molar-refractivity contribution is 5.89. The van der Waals surface area contributed by atoms with E-state index in [9.17, 15) is 13.6 Å². The minimum absolute atomic E-state index is 0.0282. The minimum Gasteiger partial charge on any atom is -0.435 e. The molecule has 0 saturated carbocycles. The molecule has 0 spiro atoms. The summed E-state index contributed by atoms with van der Waals surface area (Å²) in [6.45, 7) is -0.814. The number of aliphatic hydroxyl groups is 1. The van der Waals surface area contributed by atoms with E-state index < -0.39 is 12.7 Å². The van der Waals surface area contributed by atoms with Crippen LogP contribution in [-0.2, 0) is 0 Å². The molecule has 1 atom stereocenters. The number of amides is 2. The van der Waals surface area contributed by atoms with Gasteiger partial charge in [-0.2, -0.15) is 8.78 Å². The van der Waals surface area contributed by atoms with Crippen LogP contribution in [0.4, 0.5) is 19.3 Å². The fourth-order valence-electron chi connectivity index (χ4n) is 1.42. The van der Waals surface area contributed by atoms with Crippen molar-refractivity contribution >= 4 is 11.7 Å². The monoisotopic (exact) mass is 288 g/mol. The first-order valence-corrected chi connectivity index (χ1v) is 6.13. The van der Waals surface area contributed by atoms with Crippen LogP contribution in [0.3, 0.4) is 0 Å². The van der Waals surface area contributed by atoms with Crippen LogP contribution in [-0.4, -0.2) is 42.3 Å². The lowest BCUT2D eigenvalue weighted by atomic mass is 10.3. The Bertz CT molecular complexity index is 424. The molecule has 0 aliphatic rings. The predicted molar refractivity (Wildman–Crippen MR) is 71.0 cm³/mol. The van der Waals surface area contributed by atoms with Crippen LogP contribution in [0.5, 0.6) is 5.75 Å². The van der Waals surface area contributed by atoms with Crippen molar-refractivity contribution in [3.05, 3.63) is 24.3 Å². The van der Waals surface area contributed by atoms with Crippen LogP contribution in [0.2, 0.25) is 0 Å². The number of urea groups is 1. The summed E-state index contributed by atoms with van der Waals surface area (Å²) in [6.07, 6.45) is 0.00137. The molecule has 0 radical (unpaired) electrons. The molecular formula is C13H18F2N2O3. The summed E-state index contributed by atoms with van der Waals surface area (Å²) in [4.78, 5) is 13.2. The number of aliphatic hydroxyl groups excluding tert-OH is 1. The van der Waals surface area contributed by atoms with Crippen LogP contribution in [0.15, 0.2) is 24.3 Å². The van der Waals surface area contributed by atoms with E-state index in [0.29, 0.717) is 18.7 Å². The zero-order chi connectivity index (χ0) is 15.1. The standard InChI is InChI=1S/C13H18F2N2O3/c1-9(18)7-8-17(2)13(19)16-10-3-5-11(6-4-10)20-12(14)15/h3-6,9,12,18H,7-8H2,1-2H3,(H,16,19). The predicted octanol–water partition coefficient (Wildman–Crippen LogP) is 2.52. The van der Waals surface area contributed by atoms with E-state index in [2.05, 4.69) is 10.1 Å². The molecule has 2 N–H and O–H groups in total. The van der Waals surface area contributed by atoms with Crippen molar-refractivity contribution in [2.75, 3.05) is 18.9 Å². The topological polar surface area (TPSA) is 61.8 Å². The Morgan fingerprint density at radius 3 is 2.50 bits per heavy atom. The van der Waals surface area contributed by atoms with E-state index in [1.807, 2.05) is 0 Å². The second-order valence-corrected chi connectivity index (χ2v) is 4.39. The van der Waals surface area contributed by atoms with Crippen molar-refractivity contribution in [3.63, 3.8) is 0 Å². The maximum Gasteiger partial charge on any atom is 0.387 e. The normalized spacial score (nSPS) is 12.1. The molecule has 0 aliphatic heterocycles. The highest BCUT2D eigenvalue weighted by atomic mass is 19.3. The number of nitrogens with one attached hydrogen (secondary N) is 1. The highest BCUT2D eigenvalue weighted by Gasteiger charge is 2.10. The van der Waals surface area contributed by atoms with Crippen molar-refractivity contribution in [2.24, 2.45) is 0 Å². The molecule has 2 amide bonds. The van der Waals surface area contributed by atoms with Gasteiger partial charge in [-0.25, -0.2) is 4.79 Å². The Morgan fingerprint density at radius 1 is 1.40 bits per heavy atom. The molecule has 0 bridgehead atoms. The van der Waals surface area contributed by atoms with E-state index in [4.69, 9.17) is 5.11 Å². The zero-order valence-electron chi connectivity index (χ0n) is 11.3. The fraction of sp³-hybridized carbons (Fsp3) is 0.462. The van der Waals surface area contributed by atoms with E-state index in [0.717, 1.165) is 0 Å². The second-order valence-electron chi connectivity index (χ2n) is 4.39. The minimum atomic E-state index is -2.87. The molecule has 5 nitrogen and oxygen atoms in total. The average molecular weight is 288 g/mol. The van der Waals surface area contributed by atoms with Gasteiger partial charge in [0.2, 0.25) is 0 Å². The van der Waals surface area contributed by atoms with Gasteiger partial charge in [0.15, 0.2) is 0 Å². The average Bonchev–Trinajstić information content (AvgIpc) is 2.37. The Labute approximate surface area is 116 Å². The molecule has 0 aromatic heterocycles. The van der Waals surface area contributed by atoms with Gasteiger partial charge in [0.1, 0.15) is 5.75 Å². The quantitative estimate of drug-likeness (QED) is 0.845. The number of halogens is 2. The van der Waals surface area contributed by atoms with Gasteiger partial charge in [0, 0.05) is 19.3 Å². The van der Waals surface area contributed by atoms with Gasteiger partial charge in [-0.1, -0.05) is 0 Å². The summed E-state index contributed by atoms with van der Waals surface area (Å²) in [6, 6.07) is 5.29. The van der Waals surface area contributed by atoms with Crippen molar-refractivity contribution in [1.29, 1.82) is 0 Å². The van der Waals surface area contributed by atoms with Gasteiger partial charge in [-0.15, -0.1) is 0 Å². The van der Waals surface area contributed by atoms with Gasteiger partial charge in [-0.3, -0.25) is 0 Å². The lowest BCUT2D eigenvalue weighted by Gasteiger charge is -2.18. The van der Waals surface area contributed by atoms with Crippen LogP contribution in [0, 0.1) is 0 Å². The Morgan fingerprint density at radius 2 is 2.00 bits per heavy atom. The molecule has 0 heterocycles. The molecule has 1 aromatic rings. The molecule has 20 heavy (non-hydrogen) atoms. The summed E-state index contributed by atoms with van der Waals surface area (Å²) in [5, 5.41) is 11.7. The molecule has 0 aliphatic carbocycles. The van der Waals surface area contributed by atoms with E-state index >= 15 is 0 Å². The Kier molecular flexibility index (Phi) is 6.17.